The number of benzene rings is 3. The van der Waals surface area contributed by atoms with Crippen LogP contribution in [0.3, 0.4) is 0 Å². The lowest BCUT2D eigenvalue weighted by Crippen LogP contribution is -2.38. The molecule has 0 aromatic heterocycles. The molecule has 0 bridgehead atoms. The van der Waals surface area contributed by atoms with Crippen LogP contribution in [-0.2, 0) is 14.8 Å². The summed E-state index contributed by atoms with van der Waals surface area (Å²) in [5.74, 6) is -2.70. The topological polar surface area (TPSA) is 75.7 Å². The monoisotopic (exact) mass is 480 g/mol. The predicted octanol–water partition coefficient (Wildman–Crippen LogP) is 4.85. The van der Waals surface area contributed by atoms with Crippen molar-refractivity contribution >= 4 is 38.9 Å². The number of carbonyl (C=O) groups is 1. The summed E-state index contributed by atoms with van der Waals surface area (Å²) in [5.41, 5.74) is -0.576. The lowest BCUT2D eigenvalue weighted by atomic mass is 10.2. The SMILES string of the molecule is CCOc1ccccc1N(CC(=O)Nc1c(F)cccc1F)S(=O)(=O)c1ccc(Cl)cc1. The number of para-hydroxylation sites is 3. The van der Waals surface area contributed by atoms with Crippen molar-refractivity contribution in [2.24, 2.45) is 0 Å². The summed E-state index contributed by atoms with van der Waals surface area (Å²) in [5, 5.41) is 2.44. The first kappa shape index (κ1) is 23.5. The molecule has 1 N–H and O–H groups in total. The van der Waals surface area contributed by atoms with E-state index in [1.165, 1.54) is 30.3 Å². The van der Waals surface area contributed by atoms with Gasteiger partial charge in [0.25, 0.3) is 10.0 Å². The molecule has 168 valence electrons. The Labute approximate surface area is 189 Å². The van der Waals surface area contributed by atoms with Gasteiger partial charge >= 0.3 is 0 Å². The molecule has 3 aromatic carbocycles. The van der Waals surface area contributed by atoms with E-state index in [2.05, 4.69) is 5.32 Å². The second-order valence-electron chi connectivity index (χ2n) is 6.51. The minimum Gasteiger partial charge on any atom is -0.492 e. The predicted molar refractivity (Wildman–Crippen MR) is 119 cm³/mol. The van der Waals surface area contributed by atoms with Crippen molar-refractivity contribution in [2.45, 2.75) is 11.8 Å². The number of anilines is 2. The molecule has 0 spiro atoms. The van der Waals surface area contributed by atoms with Crippen LogP contribution in [0.5, 0.6) is 5.75 Å². The van der Waals surface area contributed by atoms with Crippen LogP contribution in [0.2, 0.25) is 5.02 Å². The zero-order chi connectivity index (χ0) is 23.3. The number of halogens is 3. The maximum absolute atomic E-state index is 14.0. The molecular weight excluding hydrogens is 462 g/mol. The first-order chi connectivity index (χ1) is 15.2. The average molecular weight is 481 g/mol. The second-order valence-corrected chi connectivity index (χ2v) is 8.81. The molecule has 0 unspecified atom stereocenters. The number of amides is 1. The Balaban J connectivity index is 2.03. The van der Waals surface area contributed by atoms with Gasteiger partial charge in [-0.1, -0.05) is 29.8 Å². The summed E-state index contributed by atoms with van der Waals surface area (Å²) in [7, 11) is -4.27. The zero-order valence-corrected chi connectivity index (χ0v) is 18.5. The van der Waals surface area contributed by atoms with Crippen molar-refractivity contribution in [1.29, 1.82) is 0 Å². The molecule has 0 heterocycles. The largest absolute Gasteiger partial charge is 0.492 e. The molecule has 10 heteroatoms. The maximum atomic E-state index is 14.0. The van der Waals surface area contributed by atoms with E-state index in [9.17, 15) is 22.0 Å². The van der Waals surface area contributed by atoms with Crippen LogP contribution < -0.4 is 14.4 Å². The third kappa shape index (κ3) is 5.17. The number of hydrogen-bond acceptors (Lipinski definition) is 4. The van der Waals surface area contributed by atoms with Gasteiger partial charge in [-0.15, -0.1) is 0 Å². The van der Waals surface area contributed by atoms with Gasteiger partial charge in [0.1, 0.15) is 29.6 Å². The highest BCUT2D eigenvalue weighted by Crippen LogP contribution is 2.33. The Kier molecular flexibility index (Phi) is 7.32. The summed E-state index contributed by atoms with van der Waals surface area (Å²) in [6.07, 6.45) is 0. The Bertz CT molecular complexity index is 1200. The molecule has 0 radical (unpaired) electrons. The van der Waals surface area contributed by atoms with Gasteiger partial charge in [0.2, 0.25) is 5.91 Å². The fourth-order valence-electron chi connectivity index (χ4n) is 2.90. The Morgan fingerprint density at radius 1 is 1.00 bits per heavy atom. The minimum absolute atomic E-state index is 0.0912. The van der Waals surface area contributed by atoms with E-state index in [4.69, 9.17) is 16.3 Å². The van der Waals surface area contributed by atoms with E-state index in [1.54, 1.807) is 25.1 Å². The van der Waals surface area contributed by atoms with Crippen LogP contribution in [0, 0.1) is 11.6 Å². The zero-order valence-electron chi connectivity index (χ0n) is 16.9. The summed E-state index contributed by atoms with van der Waals surface area (Å²) in [6, 6.07) is 14.7. The van der Waals surface area contributed by atoms with E-state index < -0.39 is 39.8 Å². The van der Waals surface area contributed by atoms with Gasteiger partial charge in [-0.3, -0.25) is 9.10 Å². The van der Waals surface area contributed by atoms with E-state index in [0.29, 0.717) is 5.02 Å². The summed E-state index contributed by atoms with van der Waals surface area (Å²) in [4.78, 5) is 12.6. The number of nitrogens with zero attached hydrogens (tertiary/aromatic N) is 1. The summed E-state index contributed by atoms with van der Waals surface area (Å²) >= 11 is 5.87. The maximum Gasteiger partial charge on any atom is 0.264 e. The van der Waals surface area contributed by atoms with Crippen LogP contribution in [-0.4, -0.2) is 27.5 Å². The van der Waals surface area contributed by atoms with Crippen molar-refractivity contribution in [1.82, 2.24) is 0 Å². The lowest BCUT2D eigenvalue weighted by Gasteiger charge is -2.26. The lowest BCUT2D eigenvalue weighted by molar-refractivity contribution is -0.114. The van der Waals surface area contributed by atoms with Crippen LogP contribution >= 0.6 is 11.6 Å². The molecule has 6 nitrogen and oxygen atoms in total. The van der Waals surface area contributed by atoms with Gasteiger partial charge in [0.05, 0.1) is 17.2 Å². The number of ether oxygens (including phenoxy) is 1. The van der Waals surface area contributed by atoms with Gasteiger partial charge in [-0.2, -0.15) is 0 Å². The molecule has 0 aliphatic rings. The molecule has 3 aromatic rings. The quantitative estimate of drug-likeness (QED) is 0.500. The fraction of sp³-hybridized carbons (Fsp3) is 0.136. The third-order valence-electron chi connectivity index (χ3n) is 4.35. The van der Waals surface area contributed by atoms with Gasteiger partial charge in [-0.05, 0) is 55.5 Å². The first-order valence-corrected chi connectivity index (χ1v) is 11.3. The van der Waals surface area contributed by atoms with Gasteiger partial charge in [0.15, 0.2) is 0 Å². The Hall–Kier alpha value is -3.17. The summed E-state index contributed by atoms with van der Waals surface area (Å²) < 4.78 is 61.1. The van der Waals surface area contributed by atoms with Crippen molar-refractivity contribution in [3.8, 4) is 5.75 Å². The molecule has 3 rings (SSSR count). The second kappa shape index (κ2) is 9.97. The highest BCUT2D eigenvalue weighted by Gasteiger charge is 2.30. The van der Waals surface area contributed by atoms with Crippen LogP contribution in [0.15, 0.2) is 71.6 Å². The minimum atomic E-state index is -4.27. The average Bonchev–Trinajstić information content (AvgIpc) is 2.76. The molecule has 0 aliphatic carbocycles. The number of rotatable bonds is 8. The summed E-state index contributed by atoms with van der Waals surface area (Å²) in [6.45, 7) is 1.21. The number of hydrogen-bond donors (Lipinski definition) is 1. The van der Waals surface area contributed by atoms with Crippen LogP contribution in [0.1, 0.15) is 6.92 Å². The number of carbonyl (C=O) groups excluding carboxylic acids is 1. The van der Waals surface area contributed by atoms with E-state index >= 15 is 0 Å². The van der Waals surface area contributed by atoms with E-state index in [0.717, 1.165) is 22.5 Å². The number of nitrogens with one attached hydrogen (secondary N) is 1. The number of sulfonamides is 1. The molecule has 0 saturated carbocycles. The van der Waals surface area contributed by atoms with Crippen molar-refractivity contribution in [3.05, 3.63) is 83.4 Å². The highest BCUT2D eigenvalue weighted by atomic mass is 35.5. The Morgan fingerprint density at radius 2 is 1.62 bits per heavy atom. The van der Waals surface area contributed by atoms with Crippen molar-refractivity contribution in [2.75, 3.05) is 22.8 Å². The standard InChI is InChI=1S/C22H19ClF2N2O4S/c1-2-31-20-9-4-3-8-19(20)27(32(29,30)16-12-10-15(23)11-13-16)14-21(28)26-22-17(24)6-5-7-18(22)25/h3-13H,2,14H2,1H3,(H,26,28). The molecule has 0 atom stereocenters. The van der Waals surface area contributed by atoms with Crippen molar-refractivity contribution in [3.63, 3.8) is 0 Å². The van der Waals surface area contributed by atoms with Crippen LogP contribution in [0.4, 0.5) is 20.2 Å². The van der Waals surface area contributed by atoms with Crippen molar-refractivity contribution < 1.29 is 26.7 Å². The molecule has 1 amide bonds. The smallest absolute Gasteiger partial charge is 0.264 e. The molecule has 0 fully saturated rings. The van der Waals surface area contributed by atoms with Gasteiger partial charge in [-0.25, -0.2) is 17.2 Å². The molecular formula is C22H19ClF2N2O4S. The van der Waals surface area contributed by atoms with E-state index in [1.807, 2.05) is 0 Å². The van der Waals surface area contributed by atoms with Gasteiger partial charge < -0.3 is 10.1 Å². The first-order valence-electron chi connectivity index (χ1n) is 9.48. The molecule has 32 heavy (non-hydrogen) atoms. The van der Waals surface area contributed by atoms with Crippen LogP contribution in [0.25, 0.3) is 0 Å². The fourth-order valence-corrected chi connectivity index (χ4v) is 4.46. The Morgan fingerprint density at radius 3 is 2.25 bits per heavy atom. The third-order valence-corrected chi connectivity index (χ3v) is 6.38. The highest BCUT2D eigenvalue weighted by molar-refractivity contribution is 7.92. The normalized spacial score (nSPS) is 11.1. The molecule has 0 aliphatic heterocycles. The molecule has 0 saturated heterocycles. The van der Waals surface area contributed by atoms with E-state index in [-0.39, 0.29) is 22.9 Å². The van der Waals surface area contributed by atoms with Gasteiger partial charge in [0, 0.05) is 5.02 Å².